The third-order valence-corrected chi connectivity index (χ3v) is 5.60. The number of morpholine rings is 1. The van der Waals surface area contributed by atoms with Crippen LogP contribution >= 0.6 is 0 Å². The molecule has 2 aliphatic heterocycles. The molecule has 3 aromatic rings. The van der Waals surface area contributed by atoms with Gasteiger partial charge in [-0.05, 0) is 41.8 Å². The normalized spacial score (nSPS) is 15.8. The molecule has 1 aromatic carbocycles. The molecule has 8 nitrogen and oxygen atoms in total. The van der Waals surface area contributed by atoms with E-state index in [-0.39, 0.29) is 5.91 Å². The van der Waals surface area contributed by atoms with E-state index in [0.29, 0.717) is 17.1 Å². The molecule has 1 N–H and O–H groups in total. The van der Waals surface area contributed by atoms with Crippen molar-refractivity contribution >= 4 is 23.5 Å². The van der Waals surface area contributed by atoms with Gasteiger partial charge in [-0.1, -0.05) is 12.1 Å². The standard InChI is InChI=1S/C24H23N6O2/c31-24-22-18(5-7-27-24)13-21(19-14-25-16-26-15-19)29-23(22)28-20-3-1-17(2-4-20)6-8-30-9-11-32-12-10-30/h1-5,7,13-16H,6,8-12H2,(H,28,29). The summed E-state index contributed by atoms with van der Waals surface area (Å²) in [6.45, 7) is 4.64. The molecule has 0 unspecified atom stereocenters. The van der Waals surface area contributed by atoms with Gasteiger partial charge in [-0.15, -0.1) is 0 Å². The minimum atomic E-state index is -0.310. The molecule has 8 heteroatoms. The first-order chi connectivity index (χ1) is 15.8. The van der Waals surface area contributed by atoms with Crippen molar-refractivity contribution in [1.82, 2.24) is 25.2 Å². The third-order valence-electron chi connectivity index (χ3n) is 5.60. The summed E-state index contributed by atoms with van der Waals surface area (Å²) in [6.07, 6.45) is 9.19. The van der Waals surface area contributed by atoms with Gasteiger partial charge in [0, 0.05) is 49.5 Å². The topological polar surface area (TPSA) is 94.3 Å². The van der Waals surface area contributed by atoms with E-state index >= 15 is 0 Å². The summed E-state index contributed by atoms with van der Waals surface area (Å²) in [5.74, 6) is 0.163. The van der Waals surface area contributed by atoms with Gasteiger partial charge in [0.25, 0.3) is 5.91 Å². The second-order valence-corrected chi connectivity index (χ2v) is 7.72. The average molecular weight is 427 g/mol. The SMILES string of the molecule is O=C1[N]C=Cc2cc(-c3cncnc3)nc(Nc3ccc(CCN4CCOCC4)cc3)c21. The van der Waals surface area contributed by atoms with Gasteiger partial charge in [-0.2, -0.15) is 0 Å². The van der Waals surface area contributed by atoms with Crippen LogP contribution in [0.4, 0.5) is 11.5 Å². The molecule has 0 spiro atoms. The Bertz CT molecular complexity index is 1130. The maximum Gasteiger partial charge on any atom is 0.281 e. The number of carbonyl (C=O) groups excluding carboxylic acids is 1. The molecule has 1 fully saturated rings. The Hall–Kier alpha value is -3.62. The van der Waals surface area contributed by atoms with Crippen LogP contribution in [0.25, 0.3) is 17.3 Å². The van der Waals surface area contributed by atoms with Crippen LogP contribution in [0, 0.1) is 0 Å². The van der Waals surface area contributed by atoms with E-state index < -0.39 is 0 Å². The van der Waals surface area contributed by atoms with Gasteiger partial charge >= 0.3 is 0 Å². The predicted octanol–water partition coefficient (Wildman–Crippen LogP) is 2.89. The van der Waals surface area contributed by atoms with E-state index in [0.717, 1.165) is 56.1 Å². The van der Waals surface area contributed by atoms with Gasteiger partial charge in [-0.25, -0.2) is 20.3 Å². The zero-order valence-corrected chi connectivity index (χ0v) is 17.6. The van der Waals surface area contributed by atoms with Crippen molar-refractivity contribution in [2.24, 2.45) is 0 Å². The molecule has 0 atom stereocenters. The summed E-state index contributed by atoms with van der Waals surface area (Å²) in [5.41, 5.74) is 4.82. The number of benzene rings is 1. The van der Waals surface area contributed by atoms with Gasteiger partial charge in [0.15, 0.2) is 0 Å². The highest BCUT2D eigenvalue weighted by Crippen LogP contribution is 2.30. The number of ether oxygens (including phenoxy) is 1. The molecule has 2 aliphatic rings. The highest BCUT2D eigenvalue weighted by Gasteiger charge is 2.22. The van der Waals surface area contributed by atoms with Crippen molar-refractivity contribution in [3.8, 4) is 11.3 Å². The molecule has 32 heavy (non-hydrogen) atoms. The lowest BCUT2D eigenvalue weighted by Gasteiger charge is -2.26. The molecule has 161 valence electrons. The number of amides is 1. The Morgan fingerprint density at radius 2 is 1.84 bits per heavy atom. The van der Waals surface area contributed by atoms with Crippen molar-refractivity contribution in [2.45, 2.75) is 6.42 Å². The number of nitrogens with one attached hydrogen (secondary N) is 1. The minimum Gasteiger partial charge on any atom is -0.379 e. The van der Waals surface area contributed by atoms with Crippen LogP contribution < -0.4 is 10.6 Å². The number of carbonyl (C=O) groups is 1. The number of fused-ring (bicyclic) bond motifs is 1. The number of hydrogen-bond acceptors (Lipinski definition) is 7. The van der Waals surface area contributed by atoms with Crippen molar-refractivity contribution in [1.29, 1.82) is 0 Å². The zero-order chi connectivity index (χ0) is 21.8. The quantitative estimate of drug-likeness (QED) is 0.646. The summed E-state index contributed by atoms with van der Waals surface area (Å²) in [7, 11) is 0. The van der Waals surface area contributed by atoms with E-state index in [2.05, 4.69) is 37.6 Å². The van der Waals surface area contributed by atoms with Crippen molar-refractivity contribution in [3.05, 3.63) is 71.9 Å². The number of rotatable bonds is 6. The number of anilines is 2. The van der Waals surface area contributed by atoms with Crippen LogP contribution in [0.2, 0.25) is 0 Å². The van der Waals surface area contributed by atoms with Crippen LogP contribution in [-0.4, -0.2) is 58.6 Å². The Balaban J connectivity index is 1.37. The molecule has 1 radical (unpaired) electrons. The van der Waals surface area contributed by atoms with Crippen LogP contribution in [0.1, 0.15) is 21.5 Å². The second-order valence-electron chi connectivity index (χ2n) is 7.72. The van der Waals surface area contributed by atoms with Crippen LogP contribution in [0.3, 0.4) is 0 Å². The molecule has 4 heterocycles. The van der Waals surface area contributed by atoms with Gasteiger partial charge < -0.3 is 10.1 Å². The molecule has 0 bridgehead atoms. The Kier molecular flexibility index (Phi) is 5.87. The smallest absolute Gasteiger partial charge is 0.281 e. The fourth-order valence-electron chi connectivity index (χ4n) is 3.84. The number of hydrogen-bond donors (Lipinski definition) is 1. The average Bonchev–Trinajstić information content (AvgIpc) is 2.85. The largest absolute Gasteiger partial charge is 0.379 e. The first-order valence-corrected chi connectivity index (χ1v) is 10.6. The monoisotopic (exact) mass is 427 g/mol. The highest BCUT2D eigenvalue weighted by atomic mass is 16.5. The lowest BCUT2D eigenvalue weighted by molar-refractivity contribution is 0.0384. The predicted molar refractivity (Wildman–Crippen MR) is 121 cm³/mol. The lowest BCUT2D eigenvalue weighted by Crippen LogP contribution is -2.37. The van der Waals surface area contributed by atoms with Crippen molar-refractivity contribution in [2.75, 3.05) is 38.2 Å². The first-order valence-electron chi connectivity index (χ1n) is 10.6. The molecular weight excluding hydrogens is 404 g/mol. The molecule has 0 saturated carbocycles. The fourth-order valence-corrected chi connectivity index (χ4v) is 3.84. The minimum absolute atomic E-state index is 0.310. The maximum atomic E-state index is 12.5. The summed E-state index contributed by atoms with van der Waals surface area (Å²) in [6, 6.07) is 10.1. The zero-order valence-electron chi connectivity index (χ0n) is 17.6. The number of aromatic nitrogens is 3. The molecule has 1 amide bonds. The summed E-state index contributed by atoms with van der Waals surface area (Å²) in [4.78, 5) is 27.8. The van der Waals surface area contributed by atoms with E-state index in [9.17, 15) is 4.79 Å². The van der Waals surface area contributed by atoms with E-state index in [4.69, 9.17) is 9.72 Å². The second kappa shape index (κ2) is 9.25. The number of nitrogens with zero attached hydrogens (tertiary/aromatic N) is 5. The van der Waals surface area contributed by atoms with E-state index in [1.807, 2.05) is 24.3 Å². The Morgan fingerprint density at radius 3 is 2.62 bits per heavy atom. The summed E-state index contributed by atoms with van der Waals surface area (Å²) in [5, 5.41) is 7.23. The van der Waals surface area contributed by atoms with Gasteiger partial charge in [-0.3, -0.25) is 9.69 Å². The summed E-state index contributed by atoms with van der Waals surface area (Å²) >= 11 is 0. The maximum absolute atomic E-state index is 12.5. The lowest BCUT2D eigenvalue weighted by atomic mass is 10.0. The van der Waals surface area contributed by atoms with Gasteiger partial charge in [0.2, 0.25) is 0 Å². The van der Waals surface area contributed by atoms with Gasteiger partial charge in [0.1, 0.15) is 12.1 Å². The van der Waals surface area contributed by atoms with Gasteiger partial charge in [0.05, 0.1) is 24.5 Å². The Morgan fingerprint density at radius 1 is 1.06 bits per heavy atom. The fraction of sp³-hybridized carbons (Fsp3) is 0.250. The Labute approximate surface area is 186 Å². The van der Waals surface area contributed by atoms with Crippen LogP contribution in [0.5, 0.6) is 0 Å². The third kappa shape index (κ3) is 4.51. The molecule has 5 rings (SSSR count). The van der Waals surface area contributed by atoms with Crippen molar-refractivity contribution in [3.63, 3.8) is 0 Å². The summed E-state index contributed by atoms with van der Waals surface area (Å²) < 4.78 is 5.41. The number of pyridine rings is 1. The van der Waals surface area contributed by atoms with Crippen LogP contribution in [-0.2, 0) is 11.2 Å². The molecule has 2 aromatic heterocycles. The molecular formula is C24H23N6O2. The highest BCUT2D eigenvalue weighted by molar-refractivity contribution is 6.05. The van der Waals surface area contributed by atoms with Crippen molar-refractivity contribution < 1.29 is 9.53 Å². The van der Waals surface area contributed by atoms with Crippen LogP contribution in [0.15, 0.2) is 55.3 Å². The van der Waals surface area contributed by atoms with E-state index in [1.165, 1.54) is 18.1 Å². The first kappa shape index (κ1) is 20.3. The van der Waals surface area contributed by atoms with E-state index in [1.54, 1.807) is 12.4 Å². The molecule has 0 aliphatic carbocycles. The molecule has 1 saturated heterocycles.